The second-order valence-electron chi connectivity index (χ2n) is 8.83. The topological polar surface area (TPSA) is 102 Å². The van der Waals surface area contributed by atoms with Gasteiger partial charge in [0.2, 0.25) is 12.3 Å². The van der Waals surface area contributed by atoms with Crippen molar-refractivity contribution in [2.45, 2.75) is 45.3 Å². The standard InChI is InChI=1S/C24H25Cl2N3O4/c1-13(14-5-7-15(25)8-6-14)29(12-30)21(22(31)28-24(2,3)4)19-17-10-9-16(26)11-18(17)27-20(19)23(32)33/h5-13,21,27H,1-4H3,(H,28,31)(H,32,33)/t13-,21?/m0/s1. The molecule has 1 unspecified atom stereocenters. The van der Waals surface area contributed by atoms with Crippen molar-refractivity contribution >= 4 is 52.4 Å². The van der Waals surface area contributed by atoms with Crippen LogP contribution in [-0.4, -0.2) is 38.8 Å². The Hall–Kier alpha value is -3.03. The molecule has 0 saturated carbocycles. The van der Waals surface area contributed by atoms with Crippen LogP contribution in [0.5, 0.6) is 0 Å². The van der Waals surface area contributed by atoms with E-state index < -0.39 is 29.5 Å². The van der Waals surface area contributed by atoms with Crippen molar-refractivity contribution in [2.75, 3.05) is 0 Å². The number of aromatic nitrogens is 1. The quantitative estimate of drug-likeness (QED) is 0.389. The van der Waals surface area contributed by atoms with Gasteiger partial charge in [-0.3, -0.25) is 9.59 Å². The fourth-order valence-corrected chi connectivity index (χ4v) is 4.08. The first-order valence-electron chi connectivity index (χ1n) is 10.3. The lowest BCUT2D eigenvalue weighted by atomic mass is 9.96. The molecule has 0 aliphatic rings. The normalized spacial score (nSPS) is 13.4. The van der Waals surface area contributed by atoms with Crippen LogP contribution in [0.15, 0.2) is 42.5 Å². The number of aromatic amines is 1. The van der Waals surface area contributed by atoms with Gasteiger partial charge in [0.15, 0.2) is 0 Å². The maximum absolute atomic E-state index is 13.6. The van der Waals surface area contributed by atoms with E-state index in [-0.39, 0.29) is 11.3 Å². The maximum atomic E-state index is 13.6. The first-order chi connectivity index (χ1) is 15.4. The monoisotopic (exact) mass is 489 g/mol. The summed E-state index contributed by atoms with van der Waals surface area (Å²) >= 11 is 12.1. The first-order valence-corrected chi connectivity index (χ1v) is 11.0. The van der Waals surface area contributed by atoms with Gasteiger partial charge in [0.25, 0.3) is 0 Å². The Labute approximate surface area is 201 Å². The SMILES string of the molecule is C[C@@H](c1ccc(Cl)cc1)N(C=O)C(C(=O)NC(C)(C)C)c1c(C(=O)O)[nH]c2cc(Cl)ccc12. The summed E-state index contributed by atoms with van der Waals surface area (Å²) in [5, 5.41) is 14.2. The molecule has 2 aromatic carbocycles. The lowest BCUT2D eigenvalue weighted by Crippen LogP contribution is -2.48. The Balaban J connectivity index is 2.25. The van der Waals surface area contributed by atoms with Crippen LogP contribution in [0.4, 0.5) is 0 Å². The molecule has 0 aliphatic carbocycles. The minimum absolute atomic E-state index is 0.184. The Morgan fingerprint density at radius 3 is 2.24 bits per heavy atom. The number of carboxylic acid groups (broad SMARTS) is 1. The summed E-state index contributed by atoms with van der Waals surface area (Å²) in [4.78, 5) is 42.3. The third-order valence-corrected chi connectivity index (χ3v) is 5.74. The third-order valence-electron chi connectivity index (χ3n) is 5.25. The minimum atomic E-state index is -1.25. The van der Waals surface area contributed by atoms with Gasteiger partial charge in [-0.15, -0.1) is 0 Å². The van der Waals surface area contributed by atoms with E-state index in [1.807, 2.05) is 20.8 Å². The van der Waals surface area contributed by atoms with E-state index in [0.29, 0.717) is 27.4 Å². The van der Waals surface area contributed by atoms with Crippen molar-refractivity contribution in [1.82, 2.24) is 15.2 Å². The molecule has 174 valence electrons. The molecule has 2 amide bonds. The zero-order chi connectivity index (χ0) is 24.5. The van der Waals surface area contributed by atoms with Crippen molar-refractivity contribution in [3.05, 3.63) is 69.3 Å². The van der Waals surface area contributed by atoms with E-state index in [1.54, 1.807) is 49.4 Å². The number of carboxylic acids is 1. The van der Waals surface area contributed by atoms with E-state index in [0.717, 1.165) is 5.56 Å². The largest absolute Gasteiger partial charge is 0.477 e. The van der Waals surface area contributed by atoms with Crippen LogP contribution in [0.1, 0.15) is 61.4 Å². The number of fused-ring (bicyclic) bond motifs is 1. The van der Waals surface area contributed by atoms with Gasteiger partial charge in [-0.25, -0.2) is 4.79 Å². The summed E-state index contributed by atoms with van der Waals surface area (Å²) in [5.74, 6) is -1.76. The maximum Gasteiger partial charge on any atom is 0.352 e. The van der Waals surface area contributed by atoms with Crippen molar-refractivity contribution in [1.29, 1.82) is 0 Å². The summed E-state index contributed by atoms with van der Waals surface area (Å²) in [6, 6.07) is 9.95. The van der Waals surface area contributed by atoms with Crippen molar-refractivity contribution in [3.8, 4) is 0 Å². The Morgan fingerprint density at radius 1 is 1.09 bits per heavy atom. The fourth-order valence-electron chi connectivity index (χ4n) is 3.79. The number of benzene rings is 2. The fraction of sp³-hybridized carbons (Fsp3) is 0.292. The highest BCUT2D eigenvalue weighted by Gasteiger charge is 2.37. The van der Waals surface area contributed by atoms with Crippen LogP contribution in [0, 0.1) is 0 Å². The Kier molecular flexibility index (Phi) is 7.05. The predicted molar refractivity (Wildman–Crippen MR) is 129 cm³/mol. The molecule has 33 heavy (non-hydrogen) atoms. The summed E-state index contributed by atoms with van der Waals surface area (Å²) in [6.45, 7) is 7.19. The number of aromatic carboxylic acids is 1. The lowest BCUT2D eigenvalue weighted by molar-refractivity contribution is -0.136. The van der Waals surface area contributed by atoms with E-state index >= 15 is 0 Å². The third kappa shape index (κ3) is 5.31. The van der Waals surface area contributed by atoms with Crippen molar-refractivity contribution < 1.29 is 19.5 Å². The molecular weight excluding hydrogens is 465 g/mol. The number of carbonyl (C=O) groups is 3. The van der Waals surface area contributed by atoms with Crippen LogP contribution in [0.3, 0.4) is 0 Å². The van der Waals surface area contributed by atoms with Gasteiger partial charge in [0.05, 0.1) is 6.04 Å². The molecule has 0 spiro atoms. The minimum Gasteiger partial charge on any atom is -0.477 e. The number of amides is 2. The highest BCUT2D eigenvalue weighted by atomic mass is 35.5. The molecule has 1 heterocycles. The van der Waals surface area contributed by atoms with Gasteiger partial charge < -0.3 is 20.3 Å². The summed E-state index contributed by atoms with van der Waals surface area (Å²) < 4.78 is 0. The van der Waals surface area contributed by atoms with E-state index in [9.17, 15) is 19.5 Å². The van der Waals surface area contributed by atoms with Crippen LogP contribution in [0.2, 0.25) is 10.0 Å². The lowest BCUT2D eigenvalue weighted by Gasteiger charge is -2.35. The molecule has 3 aromatic rings. The average Bonchev–Trinajstić information content (AvgIpc) is 3.09. The molecule has 0 aliphatic heterocycles. The van der Waals surface area contributed by atoms with Gasteiger partial charge >= 0.3 is 5.97 Å². The molecule has 2 atom stereocenters. The molecule has 0 bridgehead atoms. The molecule has 9 heteroatoms. The molecule has 0 saturated heterocycles. The van der Waals surface area contributed by atoms with Crippen LogP contribution in [-0.2, 0) is 9.59 Å². The highest BCUT2D eigenvalue weighted by molar-refractivity contribution is 6.31. The van der Waals surface area contributed by atoms with Crippen molar-refractivity contribution in [2.24, 2.45) is 0 Å². The Morgan fingerprint density at radius 2 is 1.70 bits per heavy atom. The number of hydrogen-bond donors (Lipinski definition) is 3. The highest BCUT2D eigenvalue weighted by Crippen LogP contribution is 2.37. The first kappa shape index (κ1) is 24.6. The van der Waals surface area contributed by atoms with E-state index in [4.69, 9.17) is 23.2 Å². The summed E-state index contributed by atoms with van der Waals surface area (Å²) in [6.07, 6.45) is 0.562. The molecule has 3 rings (SSSR count). The molecule has 7 nitrogen and oxygen atoms in total. The van der Waals surface area contributed by atoms with Crippen molar-refractivity contribution in [3.63, 3.8) is 0 Å². The molecule has 3 N–H and O–H groups in total. The summed E-state index contributed by atoms with van der Waals surface area (Å²) in [7, 11) is 0. The number of halogens is 2. The number of carbonyl (C=O) groups excluding carboxylic acids is 2. The number of nitrogens with one attached hydrogen (secondary N) is 2. The van der Waals surface area contributed by atoms with E-state index in [1.165, 1.54) is 4.90 Å². The number of rotatable bonds is 7. The number of hydrogen-bond acceptors (Lipinski definition) is 3. The van der Waals surface area contributed by atoms with Crippen LogP contribution >= 0.6 is 23.2 Å². The van der Waals surface area contributed by atoms with Gasteiger partial charge in [-0.2, -0.15) is 0 Å². The Bertz CT molecular complexity index is 1200. The van der Waals surface area contributed by atoms with Gasteiger partial charge in [0, 0.05) is 32.1 Å². The van der Waals surface area contributed by atoms with Gasteiger partial charge in [0.1, 0.15) is 11.7 Å². The molecule has 0 radical (unpaired) electrons. The number of H-pyrrole nitrogens is 1. The second kappa shape index (κ2) is 9.45. The predicted octanol–water partition coefficient (Wildman–Crippen LogP) is 5.35. The molecular formula is C24H25Cl2N3O4. The van der Waals surface area contributed by atoms with E-state index in [2.05, 4.69) is 10.3 Å². The second-order valence-corrected chi connectivity index (χ2v) is 9.70. The molecule has 1 aromatic heterocycles. The van der Waals surface area contributed by atoms with Crippen LogP contribution in [0.25, 0.3) is 10.9 Å². The summed E-state index contributed by atoms with van der Waals surface area (Å²) in [5.41, 5.74) is 0.570. The number of nitrogens with zero attached hydrogens (tertiary/aromatic N) is 1. The smallest absolute Gasteiger partial charge is 0.352 e. The zero-order valence-electron chi connectivity index (χ0n) is 18.6. The zero-order valence-corrected chi connectivity index (χ0v) is 20.2. The average molecular weight is 490 g/mol. The van der Waals surface area contributed by atoms with Gasteiger partial charge in [-0.1, -0.05) is 41.4 Å². The molecule has 0 fully saturated rings. The van der Waals surface area contributed by atoms with Crippen LogP contribution < -0.4 is 5.32 Å². The van der Waals surface area contributed by atoms with Gasteiger partial charge in [-0.05, 0) is 57.5 Å².